The van der Waals surface area contributed by atoms with Crippen molar-refractivity contribution in [2.45, 2.75) is 38.8 Å². The minimum Gasteiger partial charge on any atom is -0.444 e. The number of carbonyl (C=O) groups excluding carboxylic acids is 1. The fourth-order valence-electron chi connectivity index (χ4n) is 1.08. The van der Waals surface area contributed by atoms with Crippen LogP contribution in [0.3, 0.4) is 0 Å². The van der Waals surface area contributed by atoms with Gasteiger partial charge in [-0.15, -0.1) is 6.58 Å². The first-order valence-electron chi connectivity index (χ1n) is 5.06. The Labute approximate surface area is 107 Å². The van der Waals surface area contributed by atoms with Crippen LogP contribution in [0.1, 0.15) is 27.2 Å². The Balaban J connectivity index is 4.45. The van der Waals surface area contributed by atoms with Crippen LogP contribution < -0.4 is 5.32 Å². The monoisotopic (exact) mass is 283 g/mol. The molecule has 100 valence electrons. The van der Waals surface area contributed by atoms with Gasteiger partial charge in [-0.25, -0.2) is 13.2 Å². The number of alkyl carbamates (subject to hydrolysis) is 1. The van der Waals surface area contributed by atoms with Crippen LogP contribution in [-0.2, 0) is 13.8 Å². The second-order valence-electron chi connectivity index (χ2n) is 4.57. The molecular formula is C10H18ClNO4S. The third-order valence-electron chi connectivity index (χ3n) is 1.57. The Morgan fingerprint density at radius 3 is 2.41 bits per heavy atom. The number of ether oxygens (including phenoxy) is 1. The molecule has 0 aromatic carbocycles. The molecule has 0 spiro atoms. The zero-order chi connectivity index (χ0) is 13.7. The van der Waals surface area contributed by atoms with Crippen molar-refractivity contribution >= 4 is 25.8 Å². The van der Waals surface area contributed by atoms with Gasteiger partial charge in [0.25, 0.3) is 0 Å². The van der Waals surface area contributed by atoms with Crippen molar-refractivity contribution in [3.63, 3.8) is 0 Å². The van der Waals surface area contributed by atoms with E-state index in [9.17, 15) is 13.2 Å². The second kappa shape index (κ2) is 6.26. The van der Waals surface area contributed by atoms with Gasteiger partial charge in [0, 0.05) is 10.7 Å². The first kappa shape index (κ1) is 16.2. The lowest BCUT2D eigenvalue weighted by Gasteiger charge is -2.22. The van der Waals surface area contributed by atoms with Gasteiger partial charge in [-0.3, -0.25) is 0 Å². The predicted octanol–water partition coefficient (Wildman–Crippen LogP) is 2.02. The molecule has 5 nitrogen and oxygen atoms in total. The van der Waals surface area contributed by atoms with Gasteiger partial charge >= 0.3 is 6.09 Å². The lowest BCUT2D eigenvalue weighted by Crippen LogP contribution is -2.41. The molecule has 0 radical (unpaired) electrons. The van der Waals surface area contributed by atoms with E-state index in [0.717, 1.165) is 0 Å². The SMILES string of the molecule is C=CCC(CS(=O)(=O)Cl)NC(=O)OC(C)(C)C. The molecule has 7 heteroatoms. The van der Waals surface area contributed by atoms with Crippen LogP contribution >= 0.6 is 10.7 Å². The molecule has 0 heterocycles. The fraction of sp³-hybridized carbons (Fsp3) is 0.700. The van der Waals surface area contributed by atoms with Gasteiger partial charge in [0.05, 0.1) is 11.8 Å². The van der Waals surface area contributed by atoms with Crippen LogP contribution in [0.5, 0.6) is 0 Å². The maximum atomic E-state index is 11.4. The minimum atomic E-state index is -3.68. The molecule has 0 rings (SSSR count). The quantitative estimate of drug-likeness (QED) is 0.619. The van der Waals surface area contributed by atoms with Crippen molar-refractivity contribution in [1.82, 2.24) is 5.32 Å². The first-order valence-corrected chi connectivity index (χ1v) is 7.54. The van der Waals surface area contributed by atoms with Gasteiger partial charge < -0.3 is 10.1 Å². The molecule has 17 heavy (non-hydrogen) atoms. The molecule has 1 amide bonds. The van der Waals surface area contributed by atoms with Gasteiger partial charge in [-0.1, -0.05) is 6.08 Å². The van der Waals surface area contributed by atoms with Crippen LogP contribution in [0, 0.1) is 0 Å². The summed E-state index contributed by atoms with van der Waals surface area (Å²) in [4.78, 5) is 11.4. The number of carbonyl (C=O) groups is 1. The molecule has 0 saturated heterocycles. The van der Waals surface area contributed by atoms with Crippen LogP contribution in [0.2, 0.25) is 0 Å². The average molecular weight is 284 g/mol. The lowest BCUT2D eigenvalue weighted by molar-refractivity contribution is 0.0510. The Morgan fingerprint density at radius 2 is 2.06 bits per heavy atom. The zero-order valence-electron chi connectivity index (χ0n) is 10.2. The molecule has 0 saturated carbocycles. The number of halogens is 1. The van der Waals surface area contributed by atoms with E-state index in [1.165, 1.54) is 6.08 Å². The summed E-state index contributed by atoms with van der Waals surface area (Å²) in [6.07, 6.45) is 1.12. The lowest BCUT2D eigenvalue weighted by atomic mass is 10.2. The van der Waals surface area contributed by atoms with E-state index in [4.69, 9.17) is 15.4 Å². The summed E-state index contributed by atoms with van der Waals surface area (Å²) in [5, 5.41) is 2.44. The van der Waals surface area contributed by atoms with Crippen molar-refractivity contribution in [2.75, 3.05) is 5.75 Å². The Hall–Kier alpha value is -0.750. The standard InChI is InChI=1S/C10H18ClNO4S/c1-5-6-8(7-17(11,14)15)12-9(13)16-10(2,3)4/h5,8H,1,6-7H2,2-4H3,(H,12,13). The molecule has 1 N–H and O–H groups in total. The van der Waals surface area contributed by atoms with Crippen molar-refractivity contribution in [2.24, 2.45) is 0 Å². The minimum absolute atomic E-state index is 0.297. The zero-order valence-corrected chi connectivity index (χ0v) is 11.8. The van der Waals surface area contributed by atoms with Gasteiger partial charge in [-0.05, 0) is 27.2 Å². The van der Waals surface area contributed by atoms with Crippen LogP contribution in [0.25, 0.3) is 0 Å². The summed E-state index contributed by atoms with van der Waals surface area (Å²) >= 11 is 0. The number of rotatable bonds is 5. The third kappa shape index (κ3) is 10.1. The van der Waals surface area contributed by atoms with Crippen LogP contribution in [-0.4, -0.2) is 31.9 Å². The molecule has 0 fully saturated rings. The highest BCUT2D eigenvalue weighted by atomic mass is 35.7. The van der Waals surface area contributed by atoms with E-state index in [0.29, 0.717) is 6.42 Å². The average Bonchev–Trinajstić information content (AvgIpc) is 1.95. The topological polar surface area (TPSA) is 72.5 Å². The summed E-state index contributed by atoms with van der Waals surface area (Å²) in [5.74, 6) is -0.361. The Morgan fingerprint density at radius 1 is 1.53 bits per heavy atom. The smallest absolute Gasteiger partial charge is 0.407 e. The normalized spacial score (nSPS) is 13.9. The highest BCUT2D eigenvalue weighted by Crippen LogP contribution is 2.09. The summed E-state index contributed by atoms with van der Waals surface area (Å²) in [5.41, 5.74) is -0.636. The number of hydrogen-bond acceptors (Lipinski definition) is 4. The second-order valence-corrected chi connectivity index (χ2v) is 7.39. The molecule has 0 bridgehead atoms. The van der Waals surface area contributed by atoms with Crippen molar-refractivity contribution in [3.8, 4) is 0 Å². The molecule has 0 aromatic heterocycles. The number of nitrogens with one attached hydrogen (secondary N) is 1. The first-order chi connectivity index (χ1) is 7.53. The van der Waals surface area contributed by atoms with E-state index in [2.05, 4.69) is 11.9 Å². The molecule has 0 aliphatic carbocycles. The number of hydrogen-bond donors (Lipinski definition) is 1. The maximum Gasteiger partial charge on any atom is 0.407 e. The van der Waals surface area contributed by atoms with E-state index < -0.39 is 26.8 Å². The van der Waals surface area contributed by atoms with E-state index in [1.54, 1.807) is 20.8 Å². The fourth-order valence-corrected chi connectivity index (χ4v) is 2.24. The summed E-state index contributed by atoms with van der Waals surface area (Å²) in [6.45, 7) is 8.63. The molecule has 1 atom stereocenters. The number of amides is 1. The van der Waals surface area contributed by atoms with Crippen LogP contribution in [0.15, 0.2) is 12.7 Å². The summed E-state index contributed by atoms with van der Waals surface area (Å²) in [6, 6.07) is -0.634. The largest absolute Gasteiger partial charge is 0.444 e. The Bertz CT molecular complexity index is 372. The van der Waals surface area contributed by atoms with Crippen molar-refractivity contribution in [3.05, 3.63) is 12.7 Å². The molecule has 0 aliphatic heterocycles. The summed E-state index contributed by atoms with van der Waals surface area (Å²) in [7, 11) is 1.45. The van der Waals surface area contributed by atoms with Gasteiger partial charge in [0.1, 0.15) is 5.60 Å². The van der Waals surface area contributed by atoms with Crippen molar-refractivity contribution < 1.29 is 17.9 Å². The molecule has 0 aliphatic rings. The highest BCUT2D eigenvalue weighted by molar-refractivity contribution is 8.13. The van der Waals surface area contributed by atoms with E-state index in [-0.39, 0.29) is 5.75 Å². The van der Waals surface area contributed by atoms with Crippen LogP contribution in [0.4, 0.5) is 4.79 Å². The van der Waals surface area contributed by atoms with E-state index in [1.807, 2.05) is 0 Å². The highest BCUT2D eigenvalue weighted by Gasteiger charge is 2.22. The molecular weight excluding hydrogens is 266 g/mol. The molecule has 0 aromatic rings. The van der Waals surface area contributed by atoms with Gasteiger partial charge in [-0.2, -0.15) is 0 Å². The van der Waals surface area contributed by atoms with Gasteiger partial charge in [0.2, 0.25) is 9.05 Å². The molecule has 1 unspecified atom stereocenters. The van der Waals surface area contributed by atoms with Gasteiger partial charge in [0.15, 0.2) is 0 Å². The van der Waals surface area contributed by atoms with E-state index >= 15 is 0 Å². The third-order valence-corrected chi connectivity index (χ3v) is 2.75. The predicted molar refractivity (Wildman–Crippen MR) is 67.6 cm³/mol. The maximum absolute atomic E-state index is 11.4. The Kier molecular flexibility index (Phi) is 5.98. The van der Waals surface area contributed by atoms with Crippen molar-refractivity contribution in [1.29, 1.82) is 0 Å². The summed E-state index contributed by atoms with van der Waals surface area (Å²) < 4.78 is 26.9.